The van der Waals surface area contributed by atoms with Gasteiger partial charge in [0.15, 0.2) is 0 Å². The van der Waals surface area contributed by atoms with Crippen molar-refractivity contribution in [1.29, 1.82) is 0 Å². The lowest BCUT2D eigenvalue weighted by atomic mass is 10.2. The molecule has 1 aromatic heterocycles. The topological polar surface area (TPSA) is 34.2 Å². The number of aryl methyl sites for hydroxylation is 1. The van der Waals surface area contributed by atoms with E-state index in [4.69, 9.17) is 16.3 Å². The molecule has 0 unspecified atom stereocenters. The molecule has 0 fully saturated rings. The van der Waals surface area contributed by atoms with Crippen molar-refractivity contribution in [3.63, 3.8) is 0 Å². The fraction of sp³-hybridized carbons (Fsp3) is 0.312. The highest BCUT2D eigenvalue weighted by atomic mass is 35.5. The van der Waals surface area contributed by atoms with Gasteiger partial charge < -0.3 is 10.1 Å². The summed E-state index contributed by atoms with van der Waals surface area (Å²) in [4.78, 5) is 4.22. The van der Waals surface area contributed by atoms with Gasteiger partial charge in [0.25, 0.3) is 0 Å². The number of pyridine rings is 1. The Hall–Kier alpha value is -1.65. The number of nitrogens with zero attached hydrogens (tertiary/aromatic N) is 1. The van der Waals surface area contributed by atoms with Crippen LogP contribution in [0.15, 0.2) is 30.5 Å². The van der Waals surface area contributed by atoms with E-state index in [1.165, 1.54) is 6.07 Å². The highest BCUT2D eigenvalue weighted by Crippen LogP contribution is 2.28. The summed E-state index contributed by atoms with van der Waals surface area (Å²) in [5.74, 6) is 0.570. The smallest absolute Gasteiger partial charge is 0.238 e. The molecule has 0 spiro atoms. The predicted octanol–water partition coefficient (Wildman–Crippen LogP) is 4.47. The van der Waals surface area contributed by atoms with Crippen LogP contribution in [0.2, 0.25) is 5.02 Å². The zero-order valence-electron chi connectivity index (χ0n) is 12.1. The zero-order chi connectivity index (χ0) is 15.2. The number of hydrogen-bond acceptors (Lipinski definition) is 3. The predicted molar refractivity (Wildman–Crippen MR) is 82.5 cm³/mol. The van der Waals surface area contributed by atoms with Gasteiger partial charge in [-0.25, -0.2) is 9.37 Å². The molecule has 3 nitrogen and oxygen atoms in total. The Bertz CT molecular complexity index is 619. The molecule has 0 radical (unpaired) electrons. The summed E-state index contributed by atoms with van der Waals surface area (Å²) in [6, 6.07) is 6.35. The second kappa shape index (κ2) is 7.38. The molecule has 0 amide bonds. The first-order chi connectivity index (χ1) is 10.1. The van der Waals surface area contributed by atoms with Crippen LogP contribution in [0.1, 0.15) is 24.5 Å². The largest absolute Gasteiger partial charge is 0.438 e. The third-order valence-corrected chi connectivity index (χ3v) is 3.23. The quantitative estimate of drug-likeness (QED) is 0.799. The molecule has 1 heterocycles. The summed E-state index contributed by atoms with van der Waals surface area (Å²) in [7, 11) is 0. The monoisotopic (exact) mass is 308 g/mol. The van der Waals surface area contributed by atoms with E-state index in [1.807, 2.05) is 6.07 Å². The van der Waals surface area contributed by atoms with Gasteiger partial charge in [-0.3, -0.25) is 0 Å². The van der Waals surface area contributed by atoms with Gasteiger partial charge in [0, 0.05) is 12.7 Å². The van der Waals surface area contributed by atoms with Gasteiger partial charge in [-0.2, -0.15) is 0 Å². The van der Waals surface area contributed by atoms with Gasteiger partial charge in [-0.1, -0.05) is 18.5 Å². The molecular formula is C16H18ClFN2O. The Labute approximate surface area is 129 Å². The van der Waals surface area contributed by atoms with Crippen LogP contribution in [0.4, 0.5) is 4.39 Å². The van der Waals surface area contributed by atoms with E-state index in [9.17, 15) is 4.39 Å². The molecule has 1 aromatic carbocycles. The lowest BCUT2D eigenvalue weighted by molar-refractivity contribution is 0.460. The Morgan fingerprint density at radius 1 is 1.33 bits per heavy atom. The molecule has 21 heavy (non-hydrogen) atoms. The third kappa shape index (κ3) is 4.41. The van der Waals surface area contributed by atoms with Crippen LogP contribution in [0, 0.1) is 12.7 Å². The Morgan fingerprint density at radius 3 is 2.81 bits per heavy atom. The van der Waals surface area contributed by atoms with Crippen molar-refractivity contribution in [2.45, 2.75) is 26.8 Å². The first-order valence-corrected chi connectivity index (χ1v) is 7.27. The SMILES string of the molecule is CCCNCc1cnc(Oc2ccc(F)c(C)c2)c(Cl)c1. The molecule has 2 rings (SSSR count). The van der Waals surface area contributed by atoms with Gasteiger partial charge in [-0.05, 0) is 55.3 Å². The van der Waals surface area contributed by atoms with Gasteiger partial charge in [0.05, 0.1) is 0 Å². The van der Waals surface area contributed by atoms with E-state index in [1.54, 1.807) is 25.3 Å². The van der Waals surface area contributed by atoms with Crippen LogP contribution in [0.5, 0.6) is 11.6 Å². The van der Waals surface area contributed by atoms with Crippen molar-refractivity contribution in [3.8, 4) is 11.6 Å². The van der Waals surface area contributed by atoms with E-state index in [-0.39, 0.29) is 5.82 Å². The molecule has 2 aromatic rings. The minimum atomic E-state index is -0.265. The number of hydrogen-bond donors (Lipinski definition) is 1. The van der Waals surface area contributed by atoms with E-state index >= 15 is 0 Å². The molecule has 0 aliphatic rings. The molecule has 112 valence electrons. The van der Waals surface area contributed by atoms with Crippen molar-refractivity contribution < 1.29 is 9.13 Å². The van der Waals surface area contributed by atoms with E-state index in [2.05, 4.69) is 17.2 Å². The molecule has 0 aliphatic carbocycles. The summed E-state index contributed by atoms with van der Waals surface area (Å²) in [6.07, 6.45) is 2.80. The fourth-order valence-corrected chi connectivity index (χ4v) is 2.07. The van der Waals surface area contributed by atoms with Crippen LogP contribution >= 0.6 is 11.6 Å². The molecule has 0 saturated carbocycles. The Balaban J connectivity index is 2.08. The second-order valence-corrected chi connectivity index (χ2v) is 5.23. The summed E-state index contributed by atoms with van der Waals surface area (Å²) in [5.41, 5.74) is 1.51. The van der Waals surface area contributed by atoms with Gasteiger partial charge in [0.1, 0.15) is 16.6 Å². The van der Waals surface area contributed by atoms with E-state index < -0.39 is 0 Å². The Morgan fingerprint density at radius 2 is 2.14 bits per heavy atom. The first-order valence-electron chi connectivity index (χ1n) is 6.89. The minimum Gasteiger partial charge on any atom is -0.438 e. The number of nitrogens with one attached hydrogen (secondary N) is 1. The summed E-state index contributed by atoms with van der Waals surface area (Å²) < 4.78 is 18.8. The summed E-state index contributed by atoms with van der Waals surface area (Å²) in [5, 5.41) is 3.72. The summed E-state index contributed by atoms with van der Waals surface area (Å²) in [6.45, 7) is 5.46. The molecule has 0 atom stereocenters. The van der Waals surface area contributed by atoms with Gasteiger partial charge in [-0.15, -0.1) is 0 Å². The lowest BCUT2D eigenvalue weighted by Crippen LogP contribution is -2.13. The molecule has 0 bridgehead atoms. The van der Waals surface area contributed by atoms with Crippen LogP contribution in [0.25, 0.3) is 0 Å². The average molecular weight is 309 g/mol. The van der Waals surface area contributed by atoms with Gasteiger partial charge >= 0.3 is 0 Å². The maximum atomic E-state index is 13.2. The van der Waals surface area contributed by atoms with Crippen molar-refractivity contribution in [2.24, 2.45) is 0 Å². The molecular weight excluding hydrogens is 291 g/mol. The van der Waals surface area contributed by atoms with E-state index in [0.29, 0.717) is 22.2 Å². The molecule has 5 heteroatoms. The number of benzene rings is 1. The number of halogens is 2. The second-order valence-electron chi connectivity index (χ2n) is 4.82. The summed E-state index contributed by atoms with van der Waals surface area (Å²) >= 11 is 6.17. The van der Waals surface area contributed by atoms with Crippen molar-refractivity contribution >= 4 is 11.6 Å². The Kier molecular flexibility index (Phi) is 5.53. The van der Waals surface area contributed by atoms with Crippen molar-refractivity contribution in [2.75, 3.05) is 6.54 Å². The van der Waals surface area contributed by atoms with Crippen LogP contribution in [-0.4, -0.2) is 11.5 Å². The molecule has 0 saturated heterocycles. The number of ether oxygens (including phenoxy) is 1. The maximum Gasteiger partial charge on any atom is 0.238 e. The average Bonchev–Trinajstić information content (AvgIpc) is 2.46. The van der Waals surface area contributed by atoms with Crippen LogP contribution in [0.3, 0.4) is 0 Å². The zero-order valence-corrected chi connectivity index (χ0v) is 12.9. The van der Waals surface area contributed by atoms with Crippen molar-refractivity contribution in [3.05, 3.63) is 52.4 Å². The highest BCUT2D eigenvalue weighted by Gasteiger charge is 2.07. The van der Waals surface area contributed by atoms with E-state index in [0.717, 1.165) is 25.1 Å². The van der Waals surface area contributed by atoms with Gasteiger partial charge in [0.2, 0.25) is 5.88 Å². The number of rotatable bonds is 6. The molecule has 1 N–H and O–H groups in total. The number of aromatic nitrogens is 1. The minimum absolute atomic E-state index is 0.265. The van der Waals surface area contributed by atoms with Crippen LogP contribution in [-0.2, 0) is 6.54 Å². The standard InChI is InChI=1S/C16H18ClFN2O/c1-3-6-19-9-12-8-14(17)16(20-10-12)21-13-4-5-15(18)11(2)7-13/h4-5,7-8,10,19H,3,6,9H2,1-2H3. The highest BCUT2D eigenvalue weighted by molar-refractivity contribution is 6.31. The normalized spacial score (nSPS) is 10.7. The fourth-order valence-electron chi connectivity index (χ4n) is 1.84. The third-order valence-electron chi connectivity index (χ3n) is 2.96. The first kappa shape index (κ1) is 15.7. The van der Waals surface area contributed by atoms with Crippen LogP contribution < -0.4 is 10.1 Å². The lowest BCUT2D eigenvalue weighted by Gasteiger charge is -2.09. The molecule has 0 aliphatic heterocycles. The maximum absolute atomic E-state index is 13.2. The van der Waals surface area contributed by atoms with Crippen molar-refractivity contribution in [1.82, 2.24) is 10.3 Å².